The fraction of sp³-hybridized carbons (Fsp3) is 0.278. The fourth-order valence-electron chi connectivity index (χ4n) is 2.21. The summed E-state index contributed by atoms with van der Waals surface area (Å²) >= 11 is 17.6. The first-order valence-electron chi connectivity index (χ1n) is 7.54. The molecule has 3 nitrogen and oxygen atoms in total. The van der Waals surface area contributed by atoms with Gasteiger partial charge in [-0.05, 0) is 67.5 Å². The van der Waals surface area contributed by atoms with E-state index < -0.39 is 0 Å². The molecule has 0 saturated carbocycles. The molecule has 6 heteroatoms. The number of nitrogens with one attached hydrogen (secondary N) is 1. The monoisotopic (exact) mass is 382 g/mol. The van der Waals surface area contributed by atoms with E-state index in [4.69, 9.17) is 40.2 Å². The highest BCUT2D eigenvalue weighted by Crippen LogP contribution is 2.27. The number of anilines is 1. The zero-order valence-electron chi connectivity index (χ0n) is 13.9. The van der Waals surface area contributed by atoms with Crippen molar-refractivity contribution < 1.29 is 4.74 Å². The smallest absolute Gasteiger partial charge is 0.173 e. The molecule has 0 amide bonds. The van der Waals surface area contributed by atoms with E-state index in [0.29, 0.717) is 28.3 Å². The van der Waals surface area contributed by atoms with Crippen molar-refractivity contribution in [3.63, 3.8) is 0 Å². The van der Waals surface area contributed by atoms with E-state index in [1.165, 1.54) is 0 Å². The van der Waals surface area contributed by atoms with E-state index in [-0.39, 0.29) is 0 Å². The third-order valence-corrected chi connectivity index (χ3v) is 4.48. The van der Waals surface area contributed by atoms with Crippen molar-refractivity contribution in [3.8, 4) is 5.75 Å². The van der Waals surface area contributed by atoms with Gasteiger partial charge in [0.15, 0.2) is 5.11 Å². The Morgan fingerprint density at radius 2 is 1.83 bits per heavy atom. The Morgan fingerprint density at radius 3 is 2.46 bits per heavy atom. The molecule has 0 aliphatic heterocycles. The molecule has 2 aromatic rings. The molecule has 2 rings (SSSR count). The normalized spacial score (nSPS) is 10.4. The number of rotatable bonds is 5. The highest BCUT2D eigenvalue weighted by Gasteiger charge is 2.10. The lowest BCUT2D eigenvalue weighted by Gasteiger charge is -2.22. The molecule has 0 spiro atoms. The molecule has 0 radical (unpaired) electrons. The zero-order valence-corrected chi connectivity index (χ0v) is 16.2. The van der Waals surface area contributed by atoms with E-state index in [1.54, 1.807) is 12.1 Å². The van der Waals surface area contributed by atoms with Gasteiger partial charge in [0.05, 0.1) is 17.3 Å². The Kier molecular flexibility index (Phi) is 6.72. The molecule has 0 bridgehead atoms. The van der Waals surface area contributed by atoms with Gasteiger partial charge in [0.1, 0.15) is 12.4 Å². The molecule has 0 atom stereocenters. The summed E-state index contributed by atoms with van der Waals surface area (Å²) in [4.78, 5) is 1.92. The number of nitrogens with zero attached hydrogens (tertiary/aromatic N) is 1. The van der Waals surface area contributed by atoms with Crippen LogP contribution in [0.3, 0.4) is 0 Å². The molecule has 0 aromatic heterocycles. The van der Waals surface area contributed by atoms with Crippen molar-refractivity contribution >= 4 is 46.2 Å². The molecule has 128 valence electrons. The van der Waals surface area contributed by atoms with Crippen molar-refractivity contribution in [1.82, 2.24) is 4.90 Å². The minimum absolute atomic E-state index is 0.514. The number of hydrogen-bond acceptors (Lipinski definition) is 2. The van der Waals surface area contributed by atoms with Crippen molar-refractivity contribution in [1.29, 1.82) is 0 Å². The Morgan fingerprint density at radius 1 is 1.17 bits per heavy atom. The van der Waals surface area contributed by atoms with Crippen LogP contribution in [-0.2, 0) is 0 Å². The molecule has 0 heterocycles. The molecule has 24 heavy (non-hydrogen) atoms. The Hall–Kier alpha value is -1.49. The van der Waals surface area contributed by atoms with E-state index in [1.807, 2.05) is 44.0 Å². The number of benzene rings is 2. The van der Waals surface area contributed by atoms with Crippen LogP contribution in [0.15, 0.2) is 36.4 Å². The van der Waals surface area contributed by atoms with Gasteiger partial charge in [0, 0.05) is 12.1 Å². The van der Waals surface area contributed by atoms with Gasteiger partial charge < -0.3 is 15.0 Å². The highest BCUT2D eigenvalue weighted by atomic mass is 35.5. The number of thiocarbonyl (C=S) groups is 1. The fourth-order valence-corrected chi connectivity index (χ4v) is 2.90. The lowest BCUT2D eigenvalue weighted by Crippen LogP contribution is -2.34. The summed E-state index contributed by atoms with van der Waals surface area (Å²) in [6, 6.07) is 11.3. The summed E-state index contributed by atoms with van der Waals surface area (Å²) < 4.78 is 5.68. The predicted octanol–water partition coefficient (Wildman–Crippen LogP) is 5.32. The Balaban J connectivity index is 1.87. The van der Waals surface area contributed by atoms with Crippen molar-refractivity contribution in [2.75, 3.05) is 25.5 Å². The van der Waals surface area contributed by atoms with Gasteiger partial charge in [0.2, 0.25) is 0 Å². The molecule has 1 N–H and O–H groups in total. The SMILES string of the molecule is Cc1cc(C)c(NC(=S)N(C)CCOc2ccc(Cl)cc2)c(Cl)c1. The number of ether oxygens (including phenoxy) is 1. The van der Waals surface area contributed by atoms with Crippen LogP contribution >= 0.6 is 35.4 Å². The van der Waals surface area contributed by atoms with Gasteiger partial charge in [-0.1, -0.05) is 29.3 Å². The molecular weight excluding hydrogens is 363 g/mol. The molecule has 0 fully saturated rings. The molecule has 0 aliphatic rings. The third kappa shape index (κ3) is 5.26. The molecular formula is C18H20Cl2N2OS. The van der Waals surface area contributed by atoms with Crippen molar-refractivity contribution in [3.05, 3.63) is 57.6 Å². The van der Waals surface area contributed by atoms with E-state index in [0.717, 1.165) is 22.6 Å². The zero-order chi connectivity index (χ0) is 17.7. The van der Waals surface area contributed by atoms with E-state index in [9.17, 15) is 0 Å². The van der Waals surface area contributed by atoms with Gasteiger partial charge in [0.25, 0.3) is 0 Å². The van der Waals surface area contributed by atoms with Gasteiger partial charge >= 0.3 is 0 Å². The lowest BCUT2D eigenvalue weighted by atomic mass is 10.1. The molecule has 0 aliphatic carbocycles. The standard InChI is InChI=1S/C18H20Cl2N2OS/c1-12-10-13(2)17(16(20)11-12)21-18(24)22(3)8-9-23-15-6-4-14(19)5-7-15/h4-7,10-11H,8-9H2,1-3H3,(H,21,24). The Bertz CT molecular complexity index is 696. The maximum Gasteiger partial charge on any atom is 0.173 e. The van der Waals surface area contributed by atoms with Crippen LogP contribution in [0, 0.1) is 13.8 Å². The van der Waals surface area contributed by atoms with E-state index in [2.05, 4.69) is 11.4 Å². The summed E-state index contributed by atoms with van der Waals surface area (Å²) in [7, 11) is 1.91. The molecule has 0 unspecified atom stereocenters. The van der Waals surface area contributed by atoms with Crippen molar-refractivity contribution in [2.24, 2.45) is 0 Å². The molecule has 2 aromatic carbocycles. The largest absolute Gasteiger partial charge is 0.492 e. The van der Waals surface area contributed by atoms with Crippen LogP contribution in [0.2, 0.25) is 10.0 Å². The van der Waals surface area contributed by atoms with E-state index >= 15 is 0 Å². The quantitative estimate of drug-likeness (QED) is 0.707. The predicted molar refractivity (Wildman–Crippen MR) is 107 cm³/mol. The second-order valence-electron chi connectivity index (χ2n) is 5.59. The summed E-state index contributed by atoms with van der Waals surface area (Å²) in [5.41, 5.74) is 3.03. The Labute approximate surface area is 158 Å². The lowest BCUT2D eigenvalue weighted by molar-refractivity contribution is 0.285. The third-order valence-electron chi connectivity index (χ3n) is 3.52. The second-order valence-corrected chi connectivity index (χ2v) is 6.82. The van der Waals surface area contributed by atoms with Gasteiger partial charge in [-0.25, -0.2) is 0 Å². The highest BCUT2D eigenvalue weighted by molar-refractivity contribution is 7.80. The minimum atomic E-state index is 0.514. The summed E-state index contributed by atoms with van der Waals surface area (Å²) in [5.74, 6) is 0.782. The maximum absolute atomic E-state index is 6.30. The average molecular weight is 383 g/mol. The second kappa shape index (κ2) is 8.56. The topological polar surface area (TPSA) is 24.5 Å². The first kappa shape index (κ1) is 18.8. The van der Waals surface area contributed by atoms with Crippen LogP contribution in [0.4, 0.5) is 5.69 Å². The average Bonchev–Trinajstić information content (AvgIpc) is 2.52. The van der Waals surface area contributed by atoms with Crippen LogP contribution in [0.5, 0.6) is 5.75 Å². The van der Waals surface area contributed by atoms with Gasteiger partial charge in [-0.15, -0.1) is 0 Å². The summed E-state index contributed by atoms with van der Waals surface area (Å²) in [5, 5.41) is 5.17. The first-order chi connectivity index (χ1) is 11.4. The number of hydrogen-bond donors (Lipinski definition) is 1. The van der Waals surface area contributed by atoms with Gasteiger partial charge in [-0.2, -0.15) is 0 Å². The van der Waals surface area contributed by atoms with Crippen LogP contribution in [-0.4, -0.2) is 30.2 Å². The van der Waals surface area contributed by atoms with Gasteiger partial charge in [-0.3, -0.25) is 0 Å². The number of likely N-dealkylation sites (N-methyl/N-ethyl adjacent to an activating group) is 1. The maximum atomic E-state index is 6.30. The number of aryl methyl sites for hydroxylation is 2. The number of halogens is 2. The summed E-state index contributed by atoms with van der Waals surface area (Å²) in [6.45, 7) is 5.19. The van der Waals surface area contributed by atoms with Crippen LogP contribution < -0.4 is 10.1 Å². The van der Waals surface area contributed by atoms with Crippen LogP contribution in [0.1, 0.15) is 11.1 Å². The minimum Gasteiger partial charge on any atom is -0.492 e. The first-order valence-corrected chi connectivity index (χ1v) is 8.70. The van der Waals surface area contributed by atoms with Crippen LogP contribution in [0.25, 0.3) is 0 Å². The van der Waals surface area contributed by atoms with Crippen molar-refractivity contribution in [2.45, 2.75) is 13.8 Å². The molecule has 0 saturated heterocycles. The summed E-state index contributed by atoms with van der Waals surface area (Å²) in [6.07, 6.45) is 0.